The van der Waals surface area contributed by atoms with Crippen LogP contribution in [-0.2, 0) is 6.42 Å². The van der Waals surface area contributed by atoms with E-state index in [2.05, 4.69) is 27.8 Å². The largest absolute Gasteiger partial charge is 0.317 e. The van der Waals surface area contributed by atoms with Crippen LogP contribution < -0.4 is 10.6 Å². The van der Waals surface area contributed by atoms with Crippen LogP contribution in [-0.4, -0.2) is 30.7 Å². The van der Waals surface area contributed by atoms with Crippen LogP contribution in [0.1, 0.15) is 25.0 Å². The Labute approximate surface area is 97.7 Å². The van der Waals surface area contributed by atoms with Crippen LogP contribution in [0.2, 0.25) is 0 Å². The molecule has 3 heteroatoms. The Morgan fingerprint density at radius 2 is 2.31 bits per heavy atom. The van der Waals surface area contributed by atoms with E-state index in [0.717, 1.165) is 19.5 Å². The molecule has 0 radical (unpaired) electrons. The maximum Gasteiger partial charge on any atom is 0.0416 e. The molecule has 0 spiro atoms. The van der Waals surface area contributed by atoms with Crippen LogP contribution in [0.5, 0.6) is 0 Å². The van der Waals surface area contributed by atoms with Gasteiger partial charge in [0.2, 0.25) is 0 Å². The minimum absolute atomic E-state index is 0.693. The molecule has 1 saturated heterocycles. The molecule has 2 rings (SSSR count). The van der Waals surface area contributed by atoms with Gasteiger partial charge in [-0.15, -0.1) is 0 Å². The van der Waals surface area contributed by atoms with Crippen molar-refractivity contribution in [2.45, 2.75) is 31.7 Å². The van der Waals surface area contributed by atoms with Crippen LogP contribution in [0.3, 0.4) is 0 Å². The smallest absolute Gasteiger partial charge is 0.0416 e. The highest BCUT2D eigenvalue weighted by Gasteiger charge is 2.10. The molecule has 1 atom stereocenters. The first-order chi connectivity index (χ1) is 7.95. The van der Waals surface area contributed by atoms with Gasteiger partial charge in [0.15, 0.2) is 0 Å². The zero-order valence-electron chi connectivity index (χ0n) is 9.78. The highest BCUT2D eigenvalue weighted by Crippen LogP contribution is 2.04. The number of aromatic nitrogens is 1. The van der Waals surface area contributed by atoms with Crippen molar-refractivity contribution in [3.8, 4) is 0 Å². The highest BCUT2D eigenvalue weighted by atomic mass is 14.9. The van der Waals surface area contributed by atoms with Crippen LogP contribution in [0.4, 0.5) is 0 Å². The first kappa shape index (κ1) is 11.6. The predicted molar refractivity (Wildman–Crippen MR) is 66.5 cm³/mol. The molecule has 0 aliphatic carbocycles. The predicted octanol–water partition coefficient (Wildman–Crippen LogP) is 1.36. The Hall–Kier alpha value is -0.930. The summed E-state index contributed by atoms with van der Waals surface area (Å²) in [6.45, 7) is 3.38. The van der Waals surface area contributed by atoms with E-state index < -0.39 is 0 Å². The van der Waals surface area contributed by atoms with E-state index in [1.807, 2.05) is 12.3 Å². The molecule has 1 fully saturated rings. The van der Waals surface area contributed by atoms with E-state index in [1.165, 1.54) is 31.5 Å². The third-order valence-electron chi connectivity index (χ3n) is 3.12. The minimum Gasteiger partial charge on any atom is -0.317 e. The van der Waals surface area contributed by atoms with Gasteiger partial charge in [-0.1, -0.05) is 6.07 Å². The standard InChI is InChI=1S/C13H21N3/c1-2-9-15-12(4-1)7-11-16-13-5-3-8-14-10-6-13/h1-2,4,9,13-14,16H,3,5-8,10-11H2. The Bertz CT molecular complexity index is 278. The zero-order valence-corrected chi connectivity index (χ0v) is 9.78. The summed E-state index contributed by atoms with van der Waals surface area (Å²) >= 11 is 0. The third-order valence-corrected chi connectivity index (χ3v) is 3.12. The molecule has 1 aromatic heterocycles. The maximum atomic E-state index is 4.33. The molecule has 1 aliphatic heterocycles. The lowest BCUT2D eigenvalue weighted by Gasteiger charge is -2.15. The van der Waals surface area contributed by atoms with Crippen molar-refractivity contribution in [1.29, 1.82) is 0 Å². The lowest BCUT2D eigenvalue weighted by atomic mass is 10.1. The Morgan fingerprint density at radius 3 is 3.19 bits per heavy atom. The number of pyridine rings is 1. The molecule has 1 unspecified atom stereocenters. The van der Waals surface area contributed by atoms with E-state index in [0.29, 0.717) is 6.04 Å². The zero-order chi connectivity index (χ0) is 11.1. The summed E-state index contributed by atoms with van der Waals surface area (Å²) in [6, 6.07) is 6.81. The van der Waals surface area contributed by atoms with Gasteiger partial charge < -0.3 is 10.6 Å². The summed E-state index contributed by atoms with van der Waals surface area (Å²) in [4.78, 5) is 4.33. The van der Waals surface area contributed by atoms with Crippen molar-refractivity contribution in [3.05, 3.63) is 30.1 Å². The molecule has 88 valence electrons. The Morgan fingerprint density at radius 1 is 1.31 bits per heavy atom. The van der Waals surface area contributed by atoms with Gasteiger partial charge in [-0.2, -0.15) is 0 Å². The van der Waals surface area contributed by atoms with Gasteiger partial charge in [-0.05, 0) is 44.5 Å². The molecule has 0 aromatic carbocycles. The highest BCUT2D eigenvalue weighted by molar-refractivity contribution is 5.03. The van der Waals surface area contributed by atoms with Gasteiger partial charge in [0.1, 0.15) is 0 Å². The van der Waals surface area contributed by atoms with Gasteiger partial charge in [-0.3, -0.25) is 4.98 Å². The number of rotatable bonds is 4. The van der Waals surface area contributed by atoms with E-state index in [4.69, 9.17) is 0 Å². The van der Waals surface area contributed by atoms with E-state index in [1.54, 1.807) is 0 Å². The molecular formula is C13H21N3. The molecule has 2 N–H and O–H groups in total. The summed E-state index contributed by atoms with van der Waals surface area (Å²) in [5.74, 6) is 0. The quantitative estimate of drug-likeness (QED) is 0.803. The van der Waals surface area contributed by atoms with Crippen LogP contribution in [0, 0.1) is 0 Å². The van der Waals surface area contributed by atoms with Crippen LogP contribution in [0.25, 0.3) is 0 Å². The Balaban J connectivity index is 1.67. The van der Waals surface area contributed by atoms with Crippen molar-refractivity contribution in [2.24, 2.45) is 0 Å². The average molecular weight is 219 g/mol. The van der Waals surface area contributed by atoms with Gasteiger partial charge in [0.25, 0.3) is 0 Å². The summed E-state index contributed by atoms with van der Waals surface area (Å²) in [7, 11) is 0. The van der Waals surface area contributed by atoms with Crippen molar-refractivity contribution < 1.29 is 0 Å². The summed E-state index contributed by atoms with van der Waals surface area (Å²) in [5.41, 5.74) is 1.18. The first-order valence-electron chi connectivity index (χ1n) is 6.29. The van der Waals surface area contributed by atoms with Gasteiger partial charge >= 0.3 is 0 Å². The molecule has 1 aromatic rings. The third kappa shape index (κ3) is 3.91. The van der Waals surface area contributed by atoms with Gasteiger partial charge in [0.05, 0.1) is 0 Å². The number of hydrogen-bond donors (Lipinski definition) is 2. The number of hydrogen-bond acceptors (Lipinski definition) is 3. The van der Waals surface area contributed by atoms with Crippen molar-refractivity contribution in [1.82, 2.24) is 15.6 Å². The molecule has 3 nitrogen and oxygen atoms in total. The molecule has 2 heterocycles. The summed E-state index contributed by atoms with van der Waals surface area (Å²) < 4.78 is 0. The Kier molecular flexibility index (Phi) is 4.77. The average Bonchev–Trinajstić information content (AvgIpc) is 2.59. The second kappa shape index (κ2) is 6.61. The molecule has 0 saturated carbocycles. The van der Waals surface area contributed by atoms with Crippen LogP contribution >= 0.6 is 0 Å². The monoisotopic (exact) mass is 219 g/mol. The van der Waals surface area contributed by atoms with Crippen molar-refractivity contribution >= 4 is 0 Å². The summed E-state index contributed by atoms with van der Waals surface area (Å²) in [6.07, 6.45) is 6.74. The molecule has 0 amide bonds. The second-order valence-electron chi connectivity index (χ2n) is 4.40. The van der Waals surface area contributed by atoms with Gasteiger partial charge in [-0.25, -0.2) is 0 Å². The van der Waals surface area contributed by atoms with Crippen molar-refractivity contribution in [2.75, 3.05) is 19.6 Å². The lowest BCUT2D eigenvalue weighted by molar-refractivity contribution is 0.471. The maximum absolute atomic E-state index is 4.33. The fraction of sp³-hybridized carbons (Fsp3) is 0.615. The fourth-order valence-corrected chi connectivity index (χ4v) is 2.17. The summed E-state index contributed by atoms with van der Waals surface area (Å²) in [5, 5.41) is 7.06. The fourth-order valence-electron chi connectivity index (χ4n) is 2.17. The van der Waals surface area contributed by atoms with E-state index in [9.17, 15) is 0 Å². The van der Waals surface area contributed by atoms with Crippen molar-refractivity contribution in [3.63, 3.8) is 0 Å². The SMILES string of the molecule is c1ccc(CCNC2CCCNCC2)nc1. The molecule has 16 heavy (non-hydrogen) atoms. The van der Waals surface area contributed by atoms with Gasteiger partial charge in [0, 0.05) is 30.9 Å². The van der Waals surface area contributed by atoms with Crippen LogP contribution in [0.15, 0.2) is 24.4 Å². The lowest BCUT2D eigenvalue weighted by Crippen LogP contribution is -2.31. The number of nitrogens with zero attached hydrogens (tertiary/aromatic N) is 1. The molecule has 0 bridgehead atoms. The molecular weight excluding hydrogens is 198 g/mol. The minimum atomic E-state index is 0.693. The van der Waals surface area contributed by atoms with E-state index in [-0.39, 0.29) is 0 Å². The normalized spacial score (nSPS) is 21.6. The number of nitrogens with one attached hydrogen (secondary N) is 2. The molecule has 1 aliphatic rings. The first-order valence-corrected chi connectivity index (χ1v) is 6.29. The topological polar surface area (TPSA) is 37.0 Å². The van der Waals surface area contributed by atoms with E-state index >= 15 is 0 Å². The second-order valence-corrected chi connectivity index (χ2v) is 4.40.